The number of rotatable bonds is 8. The largest absolute Gasteiger partial charge is 0.310 e. The normalized spacial score (nSPS) is 15.6. The molecule has 0 radical (unpaired) electrons. The number of benzene rings is 9. The van der Waals surface area contributed by atoms with Crippen LogP contribution in [0.1, 0.15) is 123 Å². The Labute approximate surface area is 442 Å². The SMILES string of the molecule is [2H]c1c([2H])c(N(c2ccccc2)c2ccc3c4cc5c(cc4n4c6c(C(C)(C)C)c([2H])c([2H])c([2H])c6c2c34)c2ccc(N(c3ccccc3)c3c([2H])c([2H])c(C(C)C)c([2H])c3[2H])c3c4c([2H])c([2H])c([2H])c(C(C)(C)C)c4n5c23)c([2H])c([2H])c1C(C)C. The first-order chi connectivity index (χ1) is 40.5. The van der Waals surface area contributed by atoms with Crippen molar-refractivity contribution in [2.45, 2.75) is 91.9 Å². The molecule has 4 heterocycles. The zero-order chi connectivity index (χ0) is 61.7. The molecule has 4 aromatic heterocycles. The molecule has 4 nitrogen and oxygen atoms in total. The average molecular weight is 949 g/mol. The van der Waals surface area contributed by atoms with E-state index in [9.17, 15) is 19.2 Å². The molecule has 0 atom stereocenters. The second-order valence-corrected chi connectivity index (χ2v) is 21.9. The molecule has 72 heavy (non-hydrogen) atoms. The quantitative estimate of drug-likeness (QED) is 0.151. The zero-order valence-electron chi connectivity index (χ0n) is 56.2. The number of hydrogen-bond acceptors (Lipinski definition) is 2. The van der Waals surface area contributed by atoms with Crippen LogP contribution >= 0.6 is 0 Å². The molecule has 0 saturated carbocycles. The fourth-order valence-corrected chi connectivity index (χ4v) is 11.1. The van der Waals surface area contributed by atoms with E-state index in [1.165, 1.54) is 0 Å². The highest BCUT2D eigenvalue weighted by atomic mass is 15.2. The molecule has 0 aliphatic rings. The van der Waals surface area contributed by atoms with E-state index in [-0.39, 0.29) is 119 Å². The van der Waals surface area contributed by atoms with Gasteiger partial charge < -0.3 is 18.6 Å². The third-order valence-electron chi connectivity index (χ3n) is 14.5. The van der Waals surface area contributed by atoms with Gasteiger partial charge in [-0.3, -0.25) is 0 Å². The Hall–Kier alpha value is -7.82. The summed E-state index contributed by atoms with van der Waals surface area (Å²) in [6.45, 7) is 19.3. The topological polar surface area (TPSA) is 15.3 Å². The van der Waals surface area contributed by atoms with E-state index < -0.39 is 10.8 Å². The zero-order valence-corrected chi connectivity index (χ0v) is 42.2. The van der Waals surface area contributed by atoms with Crippen LogP contribution in [0.4, 0.5) is 34.1 Å². The van der Waals surface area contributed by atoms with Crippen molar-refractivity contribution in [3.05, 3.63) is 204 Å². The molecule has 0 saturated heterocycles. The van der Waals surface area contributed by atoms with Gasteiger partial charge in [-0.15, -0.1) is 0 Å². The van der Waals surface area contributed by atoms with E-state index in [0.717, 1.165) is 21.5 Å². The standard InChI is InChI=1S/C68H62N4/c1-41(2)43-27-31-47(32-28-43)69(45-19-13-11-14-20-45)57-37-35-49-53-39-60-54(40-59(53)71-63-51(61(57)65(49)71)23-17-25-55(63)67(5,6)7)50-36-38-58(62-52-24-18-26-56(68(8,9)10)64(52)72(60)66(50)62)70(46-21-15-12-16-22-46)48-33-29-44(30-34-48)42(3)4/h11-42H,1-10H3/i17D,18D,23D,24D,25D,26D,27D,28D,29D,30D,31D,32D,33D,34D. The van der Waals surface area contributed by atoms with Gasteiger partial charge in [-0.25, -0.2) is 0 Å². The monoisotopic (exact) mass is 949 g/mol. The predicted molar refractivity (Wildman–Crippen MR) is 311 cm³/mol. The van der Waals surface area contributed by atoms with E-state index in [0.29, 0.717) is 88.5 Å². The van der Waals surface area contributed by atoms with Gasteiger partial charge in [0.25, 0.3) is 0 Å². The summed E-state index contributed by atoms with van der Waals surface area (Å²) in [5, 5.41) is 4.78. The van der Waals surface area contributed by atoms with E-state index in [1.807, 2.05) is 154 Å². The van der Waals surface area contributed by atoms with E-state index in [2.05, 4.69) is 20.9 Å². The first-order valence-corrected chi connectivity index (χ1v) is 24.9. The van der Waals surface area contributed by atoms with Crippen molar-refractivity contribution >= 4 is 110 Å². The molecule has 0 amide bonds. The van der Waals surface area contributed by atoms with Crippen LogP contribution in [0.3, 0.4) is 0 Å². The summed E-state index contributed by atoms with van der Waals surface area (Å²) >= 11 is 0. The van der Waals surface area contributed by atoms with Crippen molar-refractivity contribution in [3.8, 4) is 0 Å². The maximum absolute atomic E-state index is 9.93. The highest BCUT2D eigenvalue weighted by Crippen LogP contribution is 2.53. The average Bonchev–Trinajstić information content (AvgIpc) is 1.51. The van der Waals surface area contributed by atoms with Crippen LogP contribution in [0.15, 0.2) is 182 Å². The van der Waals surface area contributed by atoms with E-state index in [1.54, 1.807) is 9.80 Å². The Balaban J connectivity index is 1.25. The highest BCUT2D eigenvalue weighted by molar-refractivity contribution is 6.32. The second kappa shape index (κ2) is 15.8. The van der Waals surface area contributed by atoms with Crippen LogP contribution in [0.2, 0.25) is 0 Å². The molecule has 9 aromatic carbocycles. The van der Waals surface area contributed by atoms with Crippen LogP contribution in [0, 0.1) is 0 Å². The van der Waals surface area contributed by atoms with Gasteiger partial charge in [-0.05, 0) is 118 Å². The first-order valence-electron chi connectivity index (χ1n) is 31.9. The Morgan fingerprint density at radius 1 is 0.389 bits per heavy atom. The first kappa shape index (κ1) is 31.5. The number of nitrogens with zero attached hydrogens (tertiary/aromatic N) is 4. The van der Waals surface area contributed by atoms with Crippen molar-refractivity contribution < 1.29 is 19.2 Å². The van der Waals surface area contributed by atoms with Crippen LogP contribution in [0.25, 0.3) is 76.2 Å². The van der Waals surface area contributed by atoms with Crippen molar-refractivity contribution in [1.82, 2.24) is 8.80 Å². The lowest BCUT2D eigenvalue weighted by molar-refractivity contribution is 0.594. The Morgan fingerprint density at radius 2 is 0.764 bits per heavy atom. The molecule has 13 rings (SSSR count). The summed E-state index contributed by atoms with van der Waals surface area (Å²) in [4.78, 5) is 3.46. The molecule has 0 N–H and O–H groups in total. The highest BCUT2D eigenvalue weighted by Gasteiger charge is 2.31. The molecular weight excluding hydrogens is 873 g/mol. The number of anilines is 6. The fraction of sp³-hybridized carbons (Fsp3) is 0.206. The maximum Gasteiger partial charge on any atom is 0.0645 e. The second-order valence-electron chi connectivity index (χ2n) is 21.9. The summed E-state index contributed by atoms with van der Waals surface area (Å²) in [7, 11) is 0. The van der Waals surface area contributed by atoms with Gasteiger partial charge in [-0.1, -0.05) is 178 Å². The Kier molecular flexibility index (Phi) is 6.93. The molecule has 354 valence electrons. The summed E-state index contributed by atoms with van der Waals surface area (Å²) in [5.74, 6) is -0.629. The lowest BCUT2D eigenvalue weighted by Crippen LogP contribution is -2.12. The van der Waals surface area contributed by atoms with E-state index in [4.69, 9.17) is 0 Å². The number of aromatic nitrogens is 2. The Morgan fingerprint density at radius 3 is 1.11 bits per heavy atom. The van der Waals surface area contributed by atoms with Crippen molar-refractivity contribution in [1.29, 1.82) is 0 Å². The molecule has 4 heteroatoms. The Bertz CT molecular complexity index is 4700. The molecular formula is C68H62N4. The predicted octanol–water partition coefficient (Wildman–Crippen LogP) is 19.8. The minimum atomic E-state index is -0.762. The molecule has 0 spiro atoms. The van der Waals surface area contributed by atoms with Gasteiger partial charge in [0.1, 0.15) is 0 Å². The lowest BCUT2D eigenvalue weighted by atomic mass is 9.85. The van der Waals surface area contributed by atoms with Gasteiger partial charge in [0.15, 0.2) is 0 Å². The van der Waals surface area contributed by atoms with Crippen LogP contribution < -0.4 is 9.80 Å². The minimum Gasteiger partial charge on any atom is -0.310 e. The third-order valence-corrected chi connectivity index (χ3v) is 14.5. The van der Waals surface area contributed by atoms with Gasteiger partial charge in [0, 0.05) is 65.8 Å². The van der Waals surface area contributed by atoms with Crippen molar-refractivity contribution in [2.75, 3.05) is 9.80 Å². The van der Waals surface area contributed by atoms with Gasteiger partial charge in [-0.2, -0.15) is 0 Å². The molecule has 0 unspecified atom stereocenters. The summed E-state index contributed by atoms with van der Waals surface area (Å²) in [5.41, 5.74) is 5.84. The molecule has 0 bridgehead atoms. The molecule has 13 aromatic rings. The van der Waals surface area contributed by atoms with Crippen molar-refractivity contribution in [3.63, 3.8) is 0 Å². The molecule has 0 aliphatic heterocycles. The minimum absolute atomic E-state index is 0.0103. The van der Waals surface area contributed by atoms with Crippen molar-refractivity contribution in [2.24, 2.45) is 0 Å². The van der Waals surface area contributed by atoms with E-state index >= 15 is 0 Å². The van der Waals surface area contributed by atoms with Crippen LogP contribution in [0.5, 0.6) is 0 Å². The maximum atomic E-state index is 9.93. The van der Waals surface area contributed by atoms with Crippen LogP contribution in [-0.4, -0.2) is 8.80 Å². The summed E-state index contributed by atoms with van der Waals surface area (Å²) < 4.78 is 138. The molecule has 0 aliphatic carbocycles. The number of hydrogen-bond donors (Lipinski definition) is 0. The number of para-hydroxylation sites is 4. The van der Waals surface area contributed by atoms with Gasteiger partial charge in [0.2, 0.25) is 0 Å². The molecule has 0 fully saturated rings. The fourth-order valence-electron chi connectivity index (χ4n) is 11.1. The lowest BCUT2D eigenvalue weighted by Gasteiger charge is -2.27. The summed E-state index contributed by atoms with van der Waals surface area (Å²) in [6, 6.07) is 27.6. The van der Waals surface area contributed by atoms with Crippen LogP contribution in [-0.2, 0) is 10.8 Å². The summed E-state index contributed by atoms with van der Waals surface area (Å²) in [6.07, 6.45) is 0. The smallest absolute Gasteiger partial charge is 0.0645 e. The van der Waals surface area contributed by atoms with Gasteiger partial charge >= 0.3 is 0 Å². The number of fused-ring (bicyclic) bond motifs is 12. The van der Waals surface area contributed by atoms with Gasteiger partial charge in [0.05, 0.1) is 63.7 Å². The third kappa shape index (κ3) is 6.43.